The molecule has 1 aliphatic heterocycles. The molecule has 1 aromatic carbocycles. The molecule has 17 heavy (non-hydrogen) atoms. The van der Waals surface area contributed by atoms with E-state index in [0.29, 0.717) is 5.92 Å². The predicted octanol–water partition coefficient (Wildman–Crippen LogP) is 3.39. The molecule has 1 unspecified atom stereocenters. The highest BCUT2D eigenvalue weighted by Gasteiger charge is 2.22. The van der Waals surface area contributed by atoms with Crippen LogP contribution in [0, 0.1) is 0 Å². The smallest absolute Gasteiger partial charge is 0.162 e. The fourth-order valence-electron chi connectivity index (χ4n) is 2.35. The summed E-state index contributed by atoms with van der Waals surface area (Å²) < 4.78 is 10.7. The van der Waals surface area contributed by atoms with E-state index in [0.717, 1.165) is 29.8 Å². The average Bonchev–Trinajstić information content (AvgIpc) is 2.38. The lowest BCUT2D eigenvalue weighted by molar-refractivity contribution is 0.354. The van der Waals surface area contributed by atoms with Crippen LogP contribution < -0.4 is 14.8 Å². The van der Waals surface area contributed by atoms with Crippen molar-refractivity contribution in [3.63, 3.8) is 0 Å². The molecule has 0 bridgehead atoms. The number of rotatable bonds is 4. The number of methoxy groups -OCH3 is 2. The van der Waals surface area contributed by atoms with Crippen LogP contribution in [0.4, 0.5) is 5.69 Å². The van der Waals surface area contributed by atoms with Gasteiger partial charge in [-0.3, -0.25) is 0 Å². The van der Waals surface area contributed by atoms with Crippen LogP contribution in [0.2, 0.25) is 0 Å². The fraction of sp³-hybridized carbons (Fsp3) is 0.538. The summed E-state index contributed by atoms with van der Waals surface area (Å²) in [4.78, 5) is 0. The van der Waals surface area contributed by atoms with Gasteiger partial charge in [0.2, 0.25) is 0 Å². The van der Waals surface area contributed by atoms with Gasteiger partial charge in [0.05, 0.1) is 14.2 Å². The van der Waals surface area contributed by atoms with Crippen LogP contribution in [0.3, 0.4) is 0 Å². The van der Waals surface area contributed by atoms with Crippen molar-refractivity contribution in [1.29, 1.82) is 0 Å². The fourth-order valence-corrected chi connectivity index (χ4v) is 2.91. The predicted molar refractivity (Wildman–Crippen MR) is 73.8 cm³/mol. The molecule has 0 saturated heterocycles. The Morgan fingerprint density at radius 1 is 1.29 bits per heavy atom. The van der Waals surface area contributed by atoms with Crippen molar-refractivity contribution in [2.45, 2.75) is 18.8 Å². The maximum atomic E-state index is 5.36. The average molecular weight is 300 g/mol. The minimum absolute atomic E-state index is 0.602. The van der Waals surface area contributed by atoms with E-state index in [1.54, 1.807) is 14.2 Å². The van der Waals surface area contributed by atoms with Gasteiger partial charge in [-0.1, -0.05) is 15.9 Å². The van der Waals surface area contributed by atoms with Crippen molar-refractivity contribution >= 4 is 21.6 Å². The van der Waals surface area contributed by atoms with Gasteiger partial charge < -0.3 is 14.8 Å². The highest BCUT2D eigenvalue weighted by atomic mass is 79.9. The summed E-state index contributed by atoms with van der Waals surface area (Å²) in [6, 6.07) is 4.14. The molecule has 1 heterocycles. The lowest BCUT2D eigenvalue weighted by Crippen LogP contribution is -2.17. The van der Waals surface area contributed by atoms with E-state index in [1.807, 2.05) is 6.07 Å². The van der Waals surface area contributed by atoms with Crippen LogP contribution in [0.1, 0.15) is 24.3 Å². The molecule has 1 aromatic rings. The Labute approximate surface area is 111 Å². The molecule has 3 nitrogen and oxygen atoms in total. The van der Waals surface area contributed by atoms with Gasteiger partial charge >= 0.3 is 0 Å². The van der Waals surface area contributed by atoms with Crippen LogP contribution in [0.15, 0.2) is 12.1 Å². The molecule has 0 amide bonds. The third kappa shape index (κ3) is 2.51. The lowest BCUT2D eigenvalue weighted by Gasteiger charge is -2.27. The zero-order valence-electron chi connectivity index (χ0n) is 10.3. The van der Waals surface area contributed by atoms with E-state index in [9.17, 15) is 0 Å². The number of hydrogen-bond acceptors (Lipinski definition) is 3. The Kier molecular flexibility index (Phi) is 4.15. The Bertz CT molecular complexity index is 395. The molecule has 1 aliphatic rings. The number of halogens is 1. The molecular weight excluding hydrogens is 282 g/mol. The molecule has 0 fully saturated rings. The van der Waals surface area contributed by atoms with Gasteiger partial charge in [0.1, 0.15) is 0 Å². The van der Waals surface area contributed by atoms with E-state index in [2.05, 4.69) is 27.3 Å². The van der Waals surface area contributed by atoms with Crippen molar-refractivity contribution in [3.8, 4) is 11.5 Å². The van der Waals surface area contributed by atoms with E-state index < -0.39 is 0 Å². The van der Waals surface area contributed by atoms with E-state index >= 15 is 0 Å². The first-order chi connectivity index (χ1) is 8.30. The molecule has 1 atom stereocenters. The number of ether oxygens (including phenoxy) is 2. The third-order valence-electron chi connectivity index (χ3n) is 3.26. The summed E-state index contributed by atoms with van der Waals surface area (Å²) in [5, 5.41) is 4.46. The molecule has 0 spiro atoms. The normalized spacial score (nSPS) is 18.2. The number of alkyl halides is 1. The first-order valence-corrected chi connectivity index (χ1v) is 6.98. The Morgan fingerprint density at radius 3 is 2.65 bits per heavy atom. The molecule has 4 heteroatoms. The topological polar surface area (TPSA) is 30.5 Å². The first kappa shape index (κ1) is 12.6. The Balaban J connectivity index is 2.39. The van der Waals surface area contributed by atoms with Crippen molar-refractivity contribution in [2.24, 2.45) is 0 Å². The van der Waals surface area contributed by atoms with Crippen LogP contribution in [-0.2, 0) is 0 Å². The zero-order valence-corrected chi connectivity index (χ0v) is 11.8. The van der Waals surface area contributed by atoms with Gasteiger partial charge in [0.15, 0.2) is 11.5 Å². The summed E-state index contributed by atoms with van der Waals surface area (Å²) in [5.41, 5.74) is 2.52. The minimum Gasteiger partial charge on any atom is -0.493 e. The second-order valence-corrected chi connectivity index (χ2v) is 4.98. The highest BCUT2D eigenvalue weighted by molar-refractivity contribution is 9.09. The van der Waals surface area contributed by atoms with Crippen LogP contribution in [0.5, 0.6) is 11.5 Å². The highest BCUT2D eigenvalue weighted by Crippen LogP contribution is 2.41. The summed E-state index contributed by atoms with van der Waals surface area (Å²) in [6.07, 6.45) is 2.33. The van der Waals surface area contributed by atoms with E-state index in [-0.39, 0.29) is 0 Å². The maximum Gasteiger partial charge on any atom is 0.162 e. The molecule has 0 aromatic heterocycles. The van der Waals surface area contributed by atoms with Crippen molar-refractivity contribution in [2.75, 3.05) is 31.4 Å². The molecule has 1 N–H and O–H groups in total. The quantitative estimate of drug-likeness (QED) is 0.865. The SMILES string of the molecule is COc1cc2c(cc1OC)C(CCBr)CCN2. The molecule has 0 radical (unpaired) electrons. The van der Waals surface area contributed by atoms with Gasteiger partial charge in [-0.25, -0.2) is 0 Å². The largest absolute Gasteiger partial charge is 0.493 e. The number of fused-ring (bicyclic) bond motifs is 1. The molecule has 2 rings (SSSR count). The van der Waals surface area contributed by atoms with Gasteiger partial charge in [-0.05, 0) is 30.4 Å². The molecule has 0 saturated carbocycles. The summed E-state index contributed by atoms with van der Waals surface area (Å²) in [6.45, 7) is 1.03. The van der Waals surface area contributed by atoms with Crippen LogP contribution in [-0.4, -0.2) is 26.1 Å². The van der Waals surface area contributed by atoms with Gasteiger partial charge in [-0.2, -0.15) is 0 Å². The van der Waals surface area contributed by atoms with Gasteiger partial charge in [0, 0.05) is 23.6 Å². The van der Waals surface area contributed by atoms with E-state index in [4.69, 9.17) is 9.47 Å². The summed E-state index contributed by atoms with van der Waals surface area (Å²) in [5.74, 6) is 2.21. The monoisotopic (exact) mass is 299 g/mol. The number of nitrogens with one attached hydrogen (secondary N) is 1. The van der Waals surface area contributed by atoms with Crippen molar-refractivity contribution in [1.82, 2.24) is 0 Å². The summed E-state index contributed by atoms with van der Waals surface area (Å²) in [7, 11) is 3.35. The van der Waals surface area contributed by atoms with Crippen molar-refractivity contribution < 1.29 is 9.47 Å². The number of hydrogen-bond donors (Lipinski definition) is 1. The van der Waals surface area contributed by atoms with E-state index in [1.165, 1.54) is 17.7 Å². The van der Waals surface area contributed by atoms with Crippen LogP contribution in [0.25, 0.3) is 0 Å². The minimum atomic E-state index is 0.602. The maximum absolute atomic E-state index is 5.36. The Morgan fingerprint density at radius 2 is 2.00 bits per heavy atom. The molecule has 0 aliphatic carbocycles. The van der Waals surface area contributed by atoms with Crippen molar-refractivity contribution in [3.05, 3.63) is 17.7 Å². The zero-order chi connectivity index (χ0) is 12.3. The number of benzene rings is 1. The summed E-state index contributed by atoms with van der Waals surface area (Å²) >= 11 is 3.52. The second kappa shape index (κ2) is 5.63. The first-order valence-electron chi connectivity index (χ1n) is 5.86. The van der Waals surface area contributed by atoms with Crippen LogP contribution >= 0.6 is 15.9 Å². The molecule has 94 valence electrons. The van der Waals surface area contributed by atoms with Gasteiger partial charge in [0.25, 0.3) is 0 Å². The molecular formula is C13H18BrNO2. The second-order valence-electron chi connectivity index (χ2n) is 4.18. The number of anilines is 1. The van der Waals surface area contributed by atoms with Gasteiger partial charge in [-0.15, -0.1) is 0 Å². The third-order valence-corrected chi connectivity index (χ3v) is 3.72. The lowest BCUT2D eigenvalue weighted by atomic mass is 9.88. The standard InChI is InChI=1S/C13H18BrNO2/c1-16-12-7-10-9(3-5-14)4-6-15-11(10)8-13(12)17-2/h7-9,15H,3-6H2,1-2H3. The Hall–Kier alpha value is -0.900.